The maximum Gasteiger partial charge on any atom is 0.253 e. The number of amides is 1. The highest BCUT2D eigenvalue weighted by Crippen LogP contribution is 2.31. The molecular formula is C23H31NO4S. The summed E-state index contributed by atoms with van der Waals surface area (Å²) in [5.74, 6) is 0.203. The Morgan fingerprint density at radius 2 is 1.59 bits per heavy atom. The molecule has 6 heteroatoms. The summed E-state index contributed by atoms with van der Waals surface area (Å²) in [4.78, 5) is 14.7. The van der Waals surface area contributed by atoms with Crippen LogP contribution in [-0.4, -0.2) is 37.6 Å². The van der Waals surface area contributed by atoms with E-state index in [9.17, 15) is 13.2 Å². The first-order valence-electron chi connectivity index (χ1n) is 9.97. The Morgan fingerprint density at radius 3 is 2.03 bits per heavy atom. The molecule has 1 amide bonds. The molecule has 5 nitrogen and oxygen atoms in total. The molecule has 0 radical (unpaired) electrons. The summed E-state index contributed by atoms with van der Waals surface area (Å²) in [7, 11) is -3.35. The predicted molar refractivity (Wildman–Crippen MR) is 115 cm³/mol. The Labute approximate surface area is 174 Å². The number of rotatable bonds is 4. The van der Waals surface area contributed by atoms with Gasteiger partial charge in [0.15, 0.2) is 9.84 Å². The van der Waals surface area contributed by atoms with Gasteiger partial charge in [0, 0.05) is 18.7 Å². The molecule has 29 heavy (non-hydrogen) atoms. The number of likely N-dealkylation sites (tertiary alicyclic amines) is 1. The summed E-state index contributed by atoms with van der Waals surface area (Å²) in [6.45, 7) is 13.2. The Balaban J connectivity index is 1.78. The largest absolute Gasteiger partial charge is 0.468 e. The minimum Gasteiger partial charge on any atom is -0.468 e. The van der Waals surface area contributed by atoms with Crippen LogP contribution in [0.15, 0.2) is 41.0 Å². The van der Waals surface area contributed by atoms with E-state index in [-0.39, 0.29) is 35.6 Å². The van der Waals surface area contributed by atoms with Gasteiger partial charge in [-0.1, -0.05) is 47.6 Å². The molecule has 2 aromatic rings. The van der Waals surface area contributed by atoms with Gasteiger partial charge in [0.05, 0.1) is 11.5 Å². The first-order chi connectivity index (χ1) is 13.3. The minimum atomic E-state index is -3.35. The van der Waals surface area contributed by atoms with E-state index >= 15 is 0 Å². The van der Waals surface area contributed by atoms with Gasteiger partial charge in [0.2, 0.25) is 0 Å². The Bertz CT molecular complexity index is 954. The van der Waals surface area contributed by atoms with Crippen molar-refractivity contribution in [1.82, 2.24) is 4.90 Å². The highest BCUT2D eigenvalue weighted by atomic mass is 32.2. The van der Waals surface area contributed by atoms with Gasteiger partial charge in [-0.05, 0) is 46.2 Å². The van der Waals surface area contributed by atoms with Crippen molar-refractivity contribution in [2.45, 2.75) is 63.4 Å². The Morgan fingerprint density at radius 1 is 1.03 bits per heavy atom. The van der Waals surface area contributed by atoms with Crippen LogP contribution in [0.25, 0.3) is 0 Å². The average molecular weight is 418 g/mol. The number of benzene rings is 1. The molecule has 0 atom stereocenters. The maximum absolute atomic E-state index is 13.1. The lowest BCUT2D eigenvalue weighted by Gasteiger charge is -2.39. The summed E-state index contributed by atoms with van der Waals surface area (Å²) in [6, 6.07) is 9.40. The van der Waals surface area contributed by atoms with E-state index in [2.05, 4.69) is 47.6 Å². The lowest BCUT2D eigenvalue weighted by molar-refractivity contribution is 0.0658. The van der Waals surface area contributed by atoms with Gasteiger partial charge >= 0.3 is 0 Å². The third-order valence-electron chi connectivity index (χ3n) is 5.48. The highest BCUT2D eigenvalue weighted by molar-refractivity contribution is 7.91. The van der Waals surface area contributed by atoms with Crippen LogP contribution in [0.1, 0.15) is 68.8 Å². The van der Waals surface area contributed by atoms with E-state index in [0.717, 1.165) is 11.1 Å². The van der Waals surface area contributed by atoms with Crippen LogP contribution in [0.5, 0.6) is 0 Å². The van der Waals surface area contributed by atoms with Crippen LogP contribution < -0.4 is 0 Å². The number of carbonyl (C=O) groups excluding carboxylic acids is 1. The second-order valence-corrected chi connectivity index (χ2v) is 12.3. The molecule has 1 aromatic heterocycles. The fourth-order valence-corrected chi connectivity index (χ4v) is 4.95. The van der Waals surface area contributed by atoms with Crippen molar-refractivity contribution in [2.24, 2.45) is 0 Å². The summed E-state index contributed by atoms with van der Waals surface area (Å²) in [6.07, 6.45) is 1.47. The molecule has 0 bridgehead atoms. The van der Waals surface area contributed by atoms with Gasteiger partial charge in [-0.3, -0.25) is 4.79 Å². The number of hydrogen-bond donors (Lipinski definition) is 0. The van der Waals surface area contributed by atoms with Crippen molar-refractivity contribution in [2.75, 3.05) is 13.1 Å². The van der Waals surface area contributed by atoms with Crippen LogP contribution in [0.2, 0.25) is 0 Å². The molecule has 1 saturated heterocycles. The van der Waals surface area contributed by atoms with Crippen LogP contribution in [0.4, 0.5) is 0 Å². The smallest absolute Gasteiger partial charge is 0.253 e. The molecule has 0 spiro atoms. The van der Waals surface area contributed by atoms with E-state index in [0.29, 0.717) is 11.3 Å². The summed E-state index contributed by atoms with van der Waals surface area (Å²) >= 11 is 0. The predicted octanol–water partition coefficient (Wildman–Crippen LogP) is 4.31. The Hall–Kier alpha value is -2.08. The number of nitrogens with zero attached hydrogens (tertiary/aromatic N) is 1. The molecule has 3 rings (SSSR count). The topological polar surface area (TPSA) is 67.6 Å². The van der Waals surface area contributed by atoms with Crippen molar-refractivity contribution in [3.8, 4) is 0 Å². The lowest BCUT2D eigenvalue weighted by atomic mass is 9.79. The monoisotopic (exact) mass is 417 g/mol. The van der Waals surface area contributed by atoms with Crippen molar-refractivity contribution in [1.29, 1.82) is 0 Å². The number of furan rings is 1. The second-order valence-electron chi connectivity index (χ2n) is 10.0. The molecule has 0 saturated carbocycles. The summed E-state index contributed by atoms with van der Waals surface area (Å²) in [5, 5.41) is -0.538. The van der Waals surface area contributed by atoms with Gasteiger partial charge in [0.25, 0.3) is 5.91 Å². The van der Waals surface area contributed by atoms with Gasteiger partial charge in [-0.25, -0.2) is 8.42 Å². The zero-order chi connectivity index (χ0) is 21.6. The van der Waals surface area contributed by atoms with Gasteiger partial charge in [0.1, 0.15) is 11.5 Å². The van der Waals surface area contributed by atoms with Crippen LogP contribution in [0.3, 0.4) is 0 Å². The van der Waals surface area contributed by atoms with E-state index in [1.807, 2.05) is 12.1 Å². The zero-order valence-corrected chi connectivity index (χ0v) is 19.0. The quantitative estimate of drug-likeness (QED) is 0.743. The molecule has 2 heterocycles. The molecule has 1 aromatic carbocycles. The van der Waals surface area contributed by atoms with Gasteiger partial charge < -0.3 is 9.32 Å². The molecule has 0 aliphatic carbocycles. The fraction of sp³-hybridized carbons (Fsp3) is 0.522. The molecule has 0 unspecified atom stereocenters. The fourth-order valence-electron chi connectivity index (χ4n) is 3.34. The first kappa shape index (κ1) is 21.6. The SMILES string of the molecule is CC(C)(C)c1cc(C(=O)N2CC(S(=O)(=O)Cc3ccco3)C2)cc(C(C)(C)C)c1. The molecule has 158 valence electrons. The minimum absolute atomic E-state index is 0.0832. The second kappa shape index (κ2) is 7.31. The van der Waals surface area contributed by atoms with E-state index < -0.39 is 15.1 Å². The highest BCUT2D eigenvalue weighted by Gasteiger charge is 2.40. The lowest BCUT2D eigenvalue weighted by Crippen LogP contribution is -2.57. The van der Waals surface area contributed by atoms with Crippen LogP contribution in [0, 0.1) is 0 Å². The molecule has 1 aliphatic rings. The first-order valence-corrected chi connectivity index (χ1v) is 11.7. The maximum atomic E-state index is 13.1. The Kier molecular flexibility index (Phi) is 5.45. The average Bonchev–Trinajstić information content (AvgIpc) is 3.03. The van der Waals surface area contributed by atoms with E-state index in [1.165, 1.54) is 6.26 Å². The molecular weight excluding hydrogens is 386 g/mol. The third-order valence-corrected chi connectivity index (χ3v) is 7.48. The van der Waals surface area contributed by atoms with Crippen LogP contribution in [-0.2, 0) is 26.4 Å². The third kappa shape index (κ3) is 4.74. The van der Waals surface area contributed by atoms with Crippen molar-refractivity contribution in [3.63, 3.8) is 0 Å². The van der Waals surface area contributed by atoms with Crippen LogP contribution >= 0.6 is 0 Å². The molecule has 1 fully saturated rings. The standard InChI is InChI=1S/C23H31NO4S/c1-22(2,3)17-10-16(11-18(12-17)23(4,5)6)21(25)24-13-20(14-24)29(26,27)15-19-8-7-9-28-19/h7-12,20H,13-15H2,1-6H3. The molecule has 0 N–H and O–H groups in total. The van der Waals surface area contributed by atoms with Gasteiger partial charge in [-0.2, -0.15) is 0 Å². The van der Waals surface area contributed by atoms with Crippen molar-refractivity contribution in [3.05, 3.63) is 59.0 Å². The molecule has 1 aliphatic heterocycles. The zero-order valence-electron chi connectivity index (χ0n) is 18.2. The van der Waals surface area contributed by atoms with E-state index in [1.54, 1.807) is 17.0 Å². The summed E-state index contributed by atoms with van der Waals surface area (Å²) in [5.41, 5.74) is 2.68. The number of carbonyl (C=O) groups is 1. The van der Waals surface area contributed by atoms with Gasteiger partial charge in [-0.15, -0.1) is 0 Å². The number of hydrogen-bond acceptors (Lipinski definition) is 4. The van der Waals surface area contributed by atoms with E-state index in [4.69, 9.17) is 4.42 Å². The van der Waals surface area contributed by atoms with Crippen molar-refractivity contribution >= 4 is 15.7 Å². The summed E-state index contributed by atoms with van der Waals surface area (Å²) < 4.78 is 30.3. The van der Waals surface area contributed by atoms with Crippen molar-refractivity contribution < 1.29 is 17.6 Å². The number of sulfone groups is 1. The normalized spacial score (nSPS) is 16.0.